The maximum Gasteiger partial charge on any atom is 0.0589 e. The molecule has 1 N–H and O–H groups in total. The van der Waals surface area contributed by atoms with Crippen LogP contribution in [0.3, 0.4) is 0 Å². The number of methoxy groups -OCH3 is 1. The van der Waals surface area contributed by atoms with Crippen molar-refractivity contribution in [3.63, 3.8) is 0 Å². The van der Waals surface area contributed by atoms with Crippen LogP contribution in [0, 0.1) is 5.92 Å². The Morgan fingerprint density at radius 3 is 2.76 bits per heavy atom. The van der Waals surface area contributed by atoms with Crippen molar-refractivity contribution in [3.8, 4) is 0 Å². The molecule has 17 heavy (non-hydrogen) atoms. The zero-order valence-corrected chi connectivity index (χ0v) is 12.0. The SMILES string of the molecule is CCC1CCNC(CN(CCOC)C(C)C)C1. The van der Waals surface area contributed by atoms with Crippen LogP contribution in [0.4, 0.5) is 0 Å². The molecule has 0 bridgehead atoms. The largest absolute Gasteiger partial charge is 0.383 e. The summed E-state index contributed by atoms with van der Waals surface area (Å²) in [5.41, 5.74) is 0. The molecule has 2 atom stereocenters. The number of hydrogen-bond acceptors (Lipinski definition) is 3. The average molecular weight is 242 g/mol. The Hall–Kier alpha value is -0.120. The Morgan fingerprint density at radius 1 is 1.41 bits per heavy atom. The van der Waals surface area contributed by atoms with Gasteiger partial charge in [0.1, 0.15) is 0 Å². The standard InChI is InChI=1S/C14H30N2O/c1-5-13-6-7-15-14(10-13)11-16(12(2)3)8-9-17-4/h12-15H,5-11H2,1-4H3. The minimum Gasteiger partial charge on any atom is -0.383 e. The van der Waals surface area contributed by atoms with Gasteiger partial charge in [0.15, 0.2) is 0 Å². The number of nitrogens with one attached hydrogen (secondary N) is 1. The molecule has 0 saturated carbocycles. The van der Waals surface area contributed by atoms with Crippen molar-refractivity contribution < 1.29 is 4.74 Å². The van der Waals surface area contributed by atoms with Gasteiger partial charge in [-0.25, -0.2) is 0 Å². The van der Waals surface area contributed by atoms with Crippen LogP contribution in [0.2, 0.25) is 0 Å². The van der Waals surface area contributed by atoms with Crippen molar-refractivity contribution in [2.24, 2.45) is 5.92 Å². The summed E-state index contributed by atoms with van der Waals surface area (Å²) in [6.45, 7) is 11.1. The molecule has 1 rings (SSSR count). The van der Waals surface area contributed by atoms with E-state index in [1.165, 1.54) is 25.8 Å². The second-order valence-corrected chi connectivity index (χ2v) is 5.53. The van der Waals surface area contributed by atoms with E-state index in [1.54, 1.807) is 7.11 Å². The Labute approximate surface area is 107 Å². The van der Waals surface area contributed by atoms with Crippen molar-refractivity contribution in [1.82, 2.24) is 10.2 Å². The first kappa shape index (κ1) is 14.9. The fraction of sp³-hybridized carbons (Fsp3) is 1.00. The molecule has 3 heteroatoms. The predicted octanol–water partition coefficient (Wildman–Crippen LogP) is 2.12. The second kappa shape index (κ2) is 8.06. The zero-order valence-electron chi connectivity index (χ0n) is 12.0. The van der Waals surface area contributed by atoms with Crippen molar-refractivity contribution >= 4 is 0 Å². The van der Waals surface area contributed by atoms with E-state index >= 15 is 0 Å². The van der Waals surface area contributed by atoms with E-state index in [1.807, 2.05) is 0 Å². The number of nitrogens with zero attached hydrogens (tertiary/aromatic N) is 1. The van der Waals surface area contributed by atoms with Crippen molar-refractivity contribution in [2.75, 3.05) is 33.4 Å². The fourth-order valence-corrected chi connectivity index (χ4v) is 2.66. The van der Waals surface area contributed by atoms with Crippen LogP contribution in [-0.4, -0.2) is 50.3 Å². The number of hydrogen-bond donors (Lipinski definition) is 1. The van der Waals surface area contributed by atoms with E-state index in [0.717, 1.165) is 25.6 Å². The zero-order chi connectivity index (χ0) is 12.7. The van der Waals surface area contributed by atoms with Crippen molar-refractivity contribution in [2.45, 2.75) is 52.1 Å². The first-order valence-electron chi connectivity index (χ1n) is 7.13. The highest BCUT2D eigenvalue weighted by Gasteiger charge is 2.22. The van der Waals surface area contributed by atoms with Gasteiger partial charge in [-0.15, -0.1) is 0 Å². The number of ether oxygens (including phenoxy) is 1. The molecule has 0 radical (unpaired) electrons. The molecule has 3 nitrogen and oxygen atoms in total. The summed E-state index contributed by atoms with van der Waals surface area (Å²) in [5, 5.41) is 3.66. The van der Waals surface area contributed by atoms with E-state index < -0.39 is 0 Å². The molecule has 0 aromatic carbocycles. The van der Waals surface area contributed by atoms with Gasteiger partial charge in [0.05, 0.1) is 6.61 Å². The van der Waals surface area contributed by atoms with Gasteiger partial charge < -0.3 is 10.1 Å². The Morgan fingerprint density at radius 2 is 2.18 bits per heavy atom. The molecule has 1 saturated heterocycles. The third kappa shape index (κ3) is 5.36. The molecule has 1 fully saturated rings. The first-order valence-corrected chi connectivity index (χ1v) is 7.13. The van der Waals surface area contributed by atoms with Gasteiger partial charge in [0.2, 0.25) is 0 Å². The molecule has 0 spiro atoms. The lowest BCUT2D eigenvalue weighted by molar-refractivity contribution is 0.112. The van der Waals surface area contributed by atoms with E-state index in [9.17, 15) is 0 Å². The quantitative estimate of drug-likeness (QED) is 0.740. The summed E-state index contributed by atoms with van der Waals surface area (Å²) in [7, 11) is 1.78. The lowest BCUT2D eigenvalue weighted by atomic mass is 9.90. The summed E-state index contributed by atoms with van der Waals surface area (Å²) >= 11 is 0. The second-order valence-electron chi connectivity index (χ2n) is 5.53. The molecule has 1 aliphatic heterocycles. The Kier molecular flexibility index (Phi) is 7.09. The lowest BCUT2D eigenvalue weighted by Gasteiger charge is -2.35. The number of piperidine rings is 1. The van der Waals surface area contributed by atoms with E-state index in [-0.39, 0.29) is 0 Å². The van der Waals surface area contributed by atoms with E-state index in [2.05, 4.69) is 31.0 Å². The summed E-state index contributed by atoms with van der Waals surface area (Å²) in [6.07, 6.45) is 4.03. The molecular weight excluding hydrogens is 212 g/mol. The summed E-state index contributed by atoms with van der Waals surface area (Å²) in [6, 6.07) is 1.28. The normalized spacial score (nSPS) is 25.8. The highest BCUT2D eigenvalue weighted by atomic mass is 16.5. The van der Waals surface area contributed by atoms with Crippen LogP contribution >= 0.6 is 0 Å². The molecule has 0 aromatic heterocycles. The van der Waals surface area contributed by atoms with Crippen molar-refractivity contribution in [1.29, 1.82) is 0 Å². The lowest BCUT2D eigenvalue weighted by Crippen LogP contribution is -2.48. The highest BCUT2D eigenvalue weighted by Crippen LogP contribution is 2.20. The van der Waals surface area contributed by atoms with Crippen LogP contribution in [0.5, 0.6) is 0 Å². The molecule has 1 heterocycles. The summed E-state index contributed by atoms with van der Waals surface area (Å²) in [4.78, 5) is 2.53. The van der Waals surface area contributed by atoms with E-state index in [4.69, 9.17) is 4.74 Å². The minimum absolute atomic E-state index is 0.606. The minimum atomic E-state index is 0.606. The van der Waals surface area contributed by atoms with Gasteiger partial charge in [-0.2, -0.15) is 0 Å². The first-order chi connectivity index (χ1) is 8.17. The van der Waals surface area contributed by atoms with Gasteiger partial charge in [0.25, 0.3) is 0 Å². The summed E-state index contributed by atoms with van der Waals surface area (Å²) < 4.78 is 5.19. The molecule has 0 amide bonds. The Bertz CT molecular complexity index is 197. The van der Waals surface area contributed by atoms with Crippen molar-refractivity contribution in [3.05, 3.63) is 0 Å². The smallest absolute Gasteiger partial charge is 0.0589 e. The molecule has 2 unspecified atom stereocenters. The van der Waals surface area contributed by atoms with Crippen LogP contribution in [0.15, 0.2) is 0 Å². The average Bonchev–Trinajstić information content (AvgIpc) is 2.34. The maximum absolute atomic E-state index is 5.19. The van der Waals surface area contributed by atoms with Crippen LogP contribution in [-0.2, 0) is 4.74 Å². The molecule has 1 aliphatic rings. The molecule has 0 aromatic rings. The maximum atomic E-state index is 5.19. The van der Waals surface area contributed by atoms with Gasteiger partial charge >= 0.3 is 0 Å². The van der Waals surface area contributed by atoms with Gasteiger partial charge in [0, 0.05) is 32.3 Å². The molecule has 102 valence electrons. The highest BCUT2D eigenvalue weighted by molar-refractivity contribution is 4.81. The van der Waals surface area contributed by atoms with Gasteiger partial charge in [-0.05, 0) is 39.2 Å². The van der Waals surface area contributed by atoms with Crippen LogP contribution in [0.25, 0.3) is 0 Å². The monoisotopic (exact) mass is 242 g/mol. The van der Waals surface area contributed by atoms with Gasteiger partial charge in [-0.3, -0.25) is 4.90 Å². The third-order valence-electron chi connectivity index (χ3n) is 3.95. The summed E-state index contributed by atoms with van der Waals surface area (Å²) in [5.74, 6) is 0.928. The molecular formula is C14H30N2O. The predicted molar refractivity (Wildman–Crippen MR) is 73.4 cm³/mol. The van der Waals surface area contributed by atoms with Gasteiger partial charge in [-0.1, -0.05) is 13.3 Å². The topological polar surface area (TPSA) is 24.5 Å². The molecule has 0 aliphatic carbocycles. The van der Waals surface area contributed by atoms with Crippen LogP contribution in [0.1, 0.15) is 40.0 Å². The number of rotatable bonds is 7. The van der Waals surface area contributed by atoms with Crippen LogP contribution < -0.4 is 5.32 Å². The third-order valence-corrected chi connectivity index (χ3v) is 3.95. The Balaban J connectivity index is 2.37. The fourth-order valence-electron chi connectivity index (χ4n) is 2.66. The van der Waals surface area contributed by atoms with E-state index in [0.29, 0.717) is 12.1 Å².